The van der Waals surface area contributed by atoms with Crippen LogP contribution in [0.4, 0.5) is 0 Å². The average molecular weight is 415 g/mol. The van der Waals surface area contributed by atoms with Crippen LogP contribution in [0.1, 0.15) is 50.3 Å². The number of benzene rings is 1. The Kier molecular flexibility index (Phi) is 5.91. The Labute approximate surface area is 176 Å². The molecular weight excluding hydrogens is 384 g/mol. The van der Waals surface area contributed by atoms with Gasteiger partial charge in [0.15, 0.2) is 11.5 Å². The van der Waals surface area contributed by atoms with Crippen molar-refractivity contribution in [3.8, 4) is 5.75 Å². The maximum absolute atomic E-state index is 12.3. The lowest BCUT2D eigenvalue weighted by atomic mass is 9.87. The van der Waals surface area contributed by atoms with Crippen molar-refractivity contribution in [3.63, 3.8) is 0 Å². The SMILES string of the molecule is O=C(CO[C@H]1CC[C@H](c2nc3ccc(OCC4CC4)cc3o2)CC1)N1CCOCC1. The summed E-state index contributed by atoms with van der Waals surface area (Å²) in [6, 6.07) is 5.92. The lowest BCUT2D eigenvalue weighted by Gasteiger charge is -2.29. The molecule has 1 aliphatic heterocycles. The summed E-state index contributed by atoms with van der Waals surface area (Å²) in [4.78, 5) is 18.8. The number of oxazole rings is 1. The summed E-state index contributed by atoms with van der Waals surface area (Å²) in [5, 5.41) is 0. The smallest absolute Gasteiger partial charge is 0.248 e. The van der Waals surface area contributed by atoms with Gasteiger partial charge in [-0.3, -0.25) is 4.79 Å². The van der Waals surface area contributed by atoms with E-state index in [-0.39, 0.29) is 18.6 Å². The van der Waals surface area contributed by atoms with E-state index < -0.39 is 0 Å². The molecule has 0 N–H and O–H groups in total. The van der Waals surface area contributed by atoms with E-state index in [1.807, 2.05) is 23.1 Å². The molecule has 0 spiro atoms. The number of rotatable bonds is 7. The summed E-state index contributed by atoms with van der Waals surface area (Å²) in [6.45, 7) is 3.54. The Bertz CT molecular complexity index is 864. The van der Waals surface area contributed by atoms with Crippen molar-refractivity contribution in [3.05, 3.63) is 24.1 Å². The first kappa shape index (κ1) is 19.8. The normalized spacial score (nSPS) is 24.9. The molecule has 1 aromatic carbocycles. The van der Waals surface area contributed by atoms with Crippen LogP contribution in [0.5, 0.6) is 5.75 Å². The highest BCUT2D eigenvalue weighted by Gasteiger charge is 2.28. The zero-order chi connectivity index (χ0) is 20.3. The minimum atomic E-state index is 0.0686. The largest absolute Gasteiger partial charge is 0.493 e. The van der Waals surface area contributed by atoms with Crippen LogP contribution >= 0.6 is 0 Å². The van der Waals surface area contributed by atoms with Crippen molar-refractivity contribution in [2.45, 2.75) is 50.5 Å². The molecule has 5 rings (SSSR count). The molecule has 7 heteroatoms. The summed E-state index contributed by atoms with van der Waals surface area (Å²) in [5.41, 5.74) is 1.69. The zero-order valence-electron chi connectivity index (χ0n) is 17.4. The van der Waals surface area contributed by atoms with Gasteiger partial charge < -0.3 is 23.5 Å². The number of carbonyl (C=O) groups excluding carboxylic acids is 1. The van der Waals surface area contributed by atoms with Crippen molar-refractivity contribution >= 4 is 17.0 Å². The summed E-state index contributed by atoms with van der Waals surface area (Å²) < 4.78 is 23.1. The number of hydrogen-bond acceptors (Lipinski definition) is 6. The quantitative estimate of drug-likeness (QED) is 0.690. The second-order valence-corrected chi connectivity index (χ2v) is 8.71. The minimum Gasteiger partial charge on any atom is -0.493 e. The predicted octanol–water partition coefficient (Wildman–Crippen LogP) is 3.52. The average Bonchev–Trinajstić information content (AvgIpc) is 3.53. The number of hydrogen-bond donors (Lipinski definition) is 0. The maximum Gasteiger partial charge on any atom is 0.248 e. The van der Waals surface area contributed by atoms with Crippen molar-refractivity contribution in [1.82, 2.24) is 9.88 Å². The van der Waals surface area contributed by atoms with Gasteiger partial charge in [-0.15, -0.1) is 0 Å². The van der Waals surface area contributed by atoms with Crippen molar-refractivity contribution in [2.24, 2.45) is 5.92 Å². The molecule has 1 aromatic heterocycles. The fourth-order valence-corrected chi connectivity index (χ4v) is 4.26. The molecule has 30 heavy (non-hydrogen) atoms. The second-order valence-electron chi connectivity index (χ2n) is 8.71. The monoisotopic (exact) mass is 414 g/mol. The fraction of sp³-hybridized carbons (Fsp3) is 0.652. The Morgan fingerprint density at radius 2 is 1.90 bits per heavy atom. The summed E-state index contributed by atoms with van der Waals surface area (Å²) in [7, 11) is 0. The maximum atomic E-state index is 12.3. The molecule has 3 fully saturated rings. The number of aromatic nitrogens is 1. The Balaban J connectivity index is 1.11. The van der Waals surface area contributed by atoms with E-state index in [1.165, 1.54) is 12.8 Å². The third kappa shape index (κ3) is 4.78. The molecular formula is C23H30N2O5. The first-order valence-corrected chi connectivity index (χ1v) is 11.2. The van der Waals surface area contributed by atoms with Gasteiger partial charge in [-0.25, -0.2) is 4.98 Å². The summed E-state index contributed by atoms with van der Waals surface area (Å²) >= 11 is 0. The molecule has 2 aliphatic carbocycles. The predicted molar refractivity (Wildman–Crippen MR) is 111 cm³/mol. The molecule has 7 nitrogen and oxygen atoms in total. The highest BCUT2D eigenvalue weighted by atomic mass is 16.5. The number of ether oxygens (including phenoxy) is 3. The van der Waals surface area contributed by atoms with Gasteiger partial charge in [-0.2, -0.15) is 0 Å². The Hall–Kier alpha value is -2.12. The van der Waals surface area contributed by atoms with Gasteiger partial charge >= 0.3 is 0 Å². The van der Waals surface area contributed by atoms with Gasteiger partial charge in [-0.1, -0.05) is 0 Å². The number of carbonyl (C=O) groups is 1. The van der Waals surface area contributed by atoms with Crippen LogP contribution in [-0.4, -0.2) is 61.4 Å². The highest BCUT2D eigenvalue weighted by molar-refractivity contribution is 5.77. The van der Waals surface area contributed by atoms with Gasteiger partial charge in [0.05, 0.1) is 25.9 Å². The third-order valence-corrected chi connectivity index (χ3v) is 6.39. The van der Waals surface area contributed by atoms with Crippen LogP contribution in [0.15, 0.2) is 22.6 Å². The standard InChI is InChI=1S/C23H30N2O5/c26-22(25-9-11-27-12-10-25)15-29-18-5-3-17(4-6-18)23-24-20-8-7-19(13-21(20)30-23)28-14-16-1-2-16/h7-8,13,16-18H,1-6,9-12,14-15H2/t17-,18-. The second kappa shape index (κ2) is 8.94. The molecule has 3 aliphatic rings. The summed E-state index contributed by atoms with van der Waals surface area (Å²) in [5.74, 6) is 2.78. The van der Waals surface area contributed by atoms with Gasteiger partial charge in [0.25, 0.3) is 0 Å². The Morgan fingerprint density at radius 3 is 2.67 bits per heavy atom. The van der Waals surface area contributed by atoms with E-state index in [0.717, 1.165) is 60.9 Å². The van der Waals surface area contributed by atoms with Crippen LogP contribution in [0.3, 0.4) is 0 Å². The van der Waals surface area contributed by atoms with Gasteiger partial charge in [-0.05, 0) is 56.6 Å². The topological polar surface area (TPSA) is 74.0 Å². The van der Waals surface area contributed by atoms with Crippen molar-refractivity contribution in [2.75, 3.05) is 39.5 Å². The van der Waals surface area contributed by atoms with Crippen LogP contribution in [0.2, 0.25) is 0 Å². The highest BCUT2D eigenvalue weighted by Crippen LogP contribution is 2.36. The van der Waals surface area contributed by atoms with Crippen molar-refractivity contribution < 1.29 is 23.4 Å². The van der Waals surface area contributed by atoms with Gasteiger partial charge in [0, 0.05) is 25.1 Å². The zero-order valence-corrected chi connectivity index (χ0v) is 17.4. The number of morpholine rings is 1. The lowest BCUT2D eigenvalue weighted by molar-refractivity contribution is -0.142. The first-order valence-electron chi connectivity index (χ1n) is 11.2. The molecule has 0 bridgehead atoms. The van der Waals surface area contributed by atoms with Gasteiger partial charge in [0.1, 0.15) is 17.9 Å². The van der Waals surface area contributed by atoms with Crippen LogP contribution in [0, 0.1) is 5.92 Å². The number of nitrogens with zero attached hydrogens (tertiary/aromatic N) is 2. The summed E-state index contributed by atoms with van der Waals surface area (Å²) in [6.07, 6.45) is 6.48. The van der Waals surface area contributed by atoms with Gasteiger partial charge in [0.2, 0.25) is 5.91 Å². The minimum absolute atomic E-state index is 0.0686. The van der Waals surface area contributed by atoms with E-state index >= 15 is 0 Å². The molecule has 2 saturated carbocycles. The molecule has 0 atom stereocenters. The molecule has 0 unspecified atom stereocenters. The van der Waals surface area contributed by atoms with E-state index in [4.69, 9.17) is 23.6 Å². The third-order valence-electron chi connectivity index (χ3n) is 6.39. The van der Waals surface area contributed by atoms with Crippen LogP contribution in [-0.2, 0) is 14.3 Å². The van der Waals surface area contributed by atoms with E-state index in [0.29, 0.717) is 32.2 Å². The lowest BCUT2D eigenvalue weighted by Crippen LogP contribution is -2.43. The number of fused-ring (bicyclic) bond motifs is 1. The van der Waals surface area contributed by atoms with Crippen LogP contribution in [0.25, 0.3) is 11.1 Å². The van der Waals surface area contributed by atoms with Crippen molar-refractivity contribution in [1.29, 1.82) is 0 Å². The van der Waals surface area contributed by atoms with Crippen LogP contribution < -0.4 is 4.74 Å². The van der Waals surface area contributed by atoms with E-state index in [1.54, 1.807) is 0 Å². The first-order chi connectivity index (χ1) is 14.7. The molecule has 162 valence electrons. The molecule has 1 amide bonds. The van der Waals surface area contributed by atoms with E-state index in [2.05, 4.69) is 0 Å². The molecule has 1 saturated heterocycles. The van der Waals surface area contributed by atoms with E-state index in [9.17, 15) is 4.79 Å². The molecule has 2 heterocycles. The molecule has 0 radical (unpaired) electrons. The fourth-order valence-electron chi connectivity index (χ4n) is 4.26. The number of amides is 1. The Morgan fingerprint density at radius 1 is 1.10 bits per heavy atom. The molecule has 2 aromatic rings.